The molecule has 1 amide bonds. The van der Waals surface area contributed by atoms with E-state index in [4.69, 9.17) is 28.1 Å². The second-order valence-electron chi connectivity index (χ2n) is 15.2. The highest BCUT2D eigenvalue weighted by Crippen LogP contribution is 2.51. The molecule has 0 saturated carbocycles. The summed E-state index contributed by atoms with van der Waals surface area (Å²) in [6.45, 7) is 11.1. The highest BCUT2D eigenvalue weighted by Gasteiger charge is 2.51. The number of ketones is 1. The molecule has 0 aromatic heterocycles. The maximum absolute atomic E-state index is 14.6. The van der Waals surface area contributed by atoms with Crippen LogP contribution in [0.1, 0.15) is 57.5 Å². The van der Waals surface area contributed by atoms with Crippen molar-refractivity contribution in [1.82, 2.24) is 4.98 Å². The van der Waals surface area contributed by atoms with Crippen molar-refractivity contribution in [3.05, 3.63) is 74.1 Å². The van der Waals surface area contributed by atoms with Gasteiger partial charge in [0.05, 0.1) is 35.5 Å². The summed E-state index contributed by atoms with van der Waals surface area (Å²) in [5.74, 6) is -6.57. The summed E-state index contributed by atoms with van der Waals surface area (Å²) >= 11 is 3.32. The first-order valence-electron chi connectivity index (χ1n) is 18.6. The molecule has 2 aromatic carbocycles. The molecule has 0 radical (unpaired) electrons. The van der Waals surface area contributed by atoms with E-state index in [1.54, 1.807) is 19.1 Å². The van der Waals surface area contributed by atoms with Crippen molar-refractivity contribution in [2.75, 3.05) is 12.4 Å². The predicted molar refractivity (Wildman–Crippen MR) is 214 cm³/mol. The Morgan fingerprint density at radius 1 is 1.03 bits per heavy atom. The number of carbonyl (C=O) groups excluding carboxylic acids is 3. The molecule has 1 aliphatic carbocycles. The van der Waals surface area contributed by atoms with Crippen LogP contribution in [0.4, 0.5) is 5.69 Å². The first-order valence-corrected chi connectivity index (χ1v) is 19.4. The van der Waals surface area contributed by atoms with Crippen LogP contribution < -0.4 is 15.5 Å². The third kappa shape index (κ3) is 6.70. The van der Waals surface area contributed by atoms with Gasteiger partial charge in [0, 0.05) is 59.7 Å². The Hall–Kier alpha value is -5.29. The number of aliphatic hydroxyl groups excluding tert-OH is 1. The number of anilines is 1. The quantitative estimate of drug-likeness (QED) is 0.101. The maximum Gasteiger partial charge on any atom is 0.312 e. The van der Waals surface area contributed by atoms with Crippen LogP contribution in [0.3, 0.4) is 0 Å². The third-order valence-electron chi connectivity index (χ3n) is 11.3. The van der Waals surface area contributed by atoms with E-state index in [9.17, 15) is 34.5 Å². The number of Topliss-reactive ketones (excluding diaryl/α,β-unsaturated/α-hetero) is 1. The van der Waals surface area contributed by atoms with Crippen molar-refractivity contribution in [2.24, 2.45) is 17.8 Å². The number of fused-ring (bicyclic) bond motifs is 9. The molecule has 1 fully saturated rings. The molecule has 8 rings (SSSR count). The number of hydrogen-bond donors (Lipinski definition) is 4. The molecular weight excluding hydrogens is 820 g/mol. The lowest BCUT2D eigenvalue weighted by molar-refractivity contribution is -0.168. The average molecular weight is 864 g/mol. The highest BCUT2D eigenvalue weighted by atomic mass is 79.9. The summed E-state index contributed by atoms with van der Waals surface area (Å²) in [5, 5.41) is 36.1. The summed E-state index contributed by atoms with van der Waals surface area (Å²) in [7, 11) is 1.44. The number of allylic oxidation sites excluding steroid dienone is 2. The van der Waals surface area contributed by atoms with Gasteiger partial charge in [-0.25, -0.2) is 4.98 Å². The second-order valence-corrected chi connectivity index (χ2v) is 16.1. The number of hydrogen-bond acceptors (Lipinski definition) is 14. The molecule has 0 spiro atoms. The van der Waals surface area contributed by atoms with E-state index in [0.717, 1.165) is 0 Å². The van der Waals surface area contributed by atoms with Crippen LogP contribution in [-0.4, -0.2) is 81.4 Å². The van der Waals surface area contributed by atoms with Gasteiger partial charge in [0.1, 0.15) is 46.4 Å². The number of halogens is 1. The minimum absolute atomic E-state index is 0.0328. The Kier molecular flexibility index (Phi) is 10.7. The fraction of sp³-hybridized carbons (Fsp3) is 0.405. The number of nitrogens with zero attached hydrogens (tertiary/aromatic N) is 1. The van der Waals surface area contributed by atoms with Crippen LogP contribution in [-0.2, 0) is 28.5 Å². The fourth-order valence-corrected chi connectivity index (χ4v) is 8.46. The number of phenols is 2. The molecule has 16 heteroatoms. The van der Waals surface area contributed by atoms with Crippen LogP contribution in [0.5, 0.6) is 17.2 Å². The van der Waals surface area contributed by atoms with Crippen molar-refractivity contribution < 1.29 is 57.8 Å². The number of carbonyl (C=O) groups is 3. The zero-order chi connectivity index (χ0) is 42.1. The molecule has 9 atom stereocenters. The van der Waals surface area contributed by atoms with Gasteiger partial charge in [-0.05, 0) is 32.1 Å². The number of benzene rings is 3. The first kappa shape index (κ1) is 40.9. The normalized spacial score (nSPS) is 31.0. The number of aliphatic hydroxyl groups is 1. The van der Waals surface area contributed by atoms with Crippen LogP contribution in [0, 0.1) is 24.7 Å². The summed E-state index contributed by atoms with van der Waals surface area (Å²) in [5.41, 5.74) is -1.32. The van der Waals surface area contributed by atoms with Crippen LogP contribution in [0.2, 0.25) is 0 Å². The number of ether oxygens (including phenoxy) is 5. The molecule has 1 saturated heterocycles. The van der Waals surface area contributed by atoms with E-state index in [-0.39, 0.29) is 73.1 Å². The van der Waals surface area contributed by atoms with E-state index >= 15 is 0 Å². The van der Waals surface area contributed by atoms with Crippen molar-refractivity contribution >= 4 is 61.1 Å². The van der Waals surface area contributed by atoms with E-state index in [1.807, 2.05) is 13.8 Å². The second kappa shape index (κ2) is 15.1. The number of methoxy groups -OCH3 is 1. The summed E-state index contributed by atoms with van der Waals surface area (Å²) in [6, 6.07) is 2.89. The fourth-order valence-electron chi connectivity index (χ4n) is 8.03. The Bertz CT molecular complexity index is 2510. The summed E-state index contributed by atoms with van der Waals surface area (Å²) < 4.78 is 36.8. The molecule has 0 unspecified atom stereocenters. The van der Waals surface area contributed by atoms with E-state index < -0.39 is 77.0 Å². The topological polar surface area (TPSA) is 213 Å². The Morgan fingerprint density at radius 2 is 1.76 bits per heavy atom. The van der Waals surface area contributed by atoms with Crippen LogP contribution >= 0.6 is 15.9 Å². The summed E-state index contributed by atoms with van der Waals surface area (Å²) in [6.07, 6.45) is 3.43. The van der Waals surface area contributed by atoms with Crippen molar-refractivity contribution in [3.8, 4) is 28.7 Å². The molecule has 306 valence electrons. The Morgan fingerprint density at radius 3 is 2.45 bits per heavy atom. The SMILES string of the molecule is CO[C@H]1/C=C/O[C@@]2(C)Oc3c(C)c(O)c4c(=O)c(c5oc6cc(Br)cc(O)c6nc-5c4c3C2=O)NC(=O)/C(C)=C\C=C\[C@H](C)[C@@H]2O[C@H]([C@H](O)[C@@H]2C)[C@H](OC(C)=O)[C@@H]1C. The minimum atomic E-state index is -2.06. The van der Waals surface area contributed by atoms with Gasteiger partial charge < -0.3 is 48.7 Å². The van der Waals surface area contributed by atoms with Gasteiger partial charge in [-0.15, -0.1) is 0 Å². The Balaban J connectivity index is 1.46. The van der Waals surface area contributed by atoms with Gasteiger partial charge in [0.2, 0.25) is 5.43 Å². The van der Waals surface area contributed by atoms with Crippen LogP contribution in [0.25, 0.3) is 33.3 Å². The smallest absolute Gasteiger partial charge is 0.312 e. The number of rotatable bonds is 2. The molecule has 15 nitrogen and oxygen atoms in total. The van der Waals surface area contributed by atoms with E-state index in [1.165, 1.54) is 65.4 Å². The molecule has 5 aliphatic heterocycles. The van der Waals surface area contributed by atoms with Crippen molar-refractivity contribution in [1.29, 1.82) is 0 Å². The standard InChI is InChI=1S/C42H43BrN2O13/c1-16-10-9-11-17(2)41(52)45-31-34(50)27-26(30-38(31)56-25-15-22(43)14-23(47)29(25)44-30)28-36(19(4)32(27)48)58-42(7,40(28)51)54-13-12-24(53-8)18(3)37(55-21(6)46)39-33(49)20(5)35(16)57-39/h9-16,18,20,24,33,35,37,39,47-49H,1-8H3,(H,45,52)/b10-9+,13-12+,17-11-/t16-,18+,20-,24-,33+,35-,37+,39+,42-/m0/s1. The minimum Gasteiger partial charge on any atom is -0.507 e. The Labute approximate surface area is 340 Å². The van der Waals surface area contributed by atoms with Gasteiger partial charge >= 0.3 is 11.8 Å². The maximum atomic E-state index is 14.6. The van der Waals surface area contributed by atoms with Gasteiger partial charge in [-0.1, -0.05) is 54.9 Å². The van der Waals surface area contributed by atoms with Gasteiger partial charge in [0.25, 0.3) is 11.7 Å². The van der Waals surface area contributed by atoms with E-state index in [0.29, 0.717) is 4.47 Å². The molecular formula is C42H43BrN2O13. The third-order valence-corrected chi connectivity index (χ3v) is 11.7. The molecule has 6 aliphatic rings. The van der Waals surface area contributed by atoms with Crippen molar-refractivity contribution in [2.45, 2.75) is 84.8 Å². The molecule has 5 heterocycles. The lowest BCUT2D eigenvalue weighted by Gasteiger charge is -2.33. The van der Waals surface area contributed by atoms with Crippen LogP contribution in [0.15, 0.2) is 62.0 Å². The van der Waals surface area contributed by atoms with Gasteiger partial charge in [-0.2, -0.15) is 0 Å². The largest absolute Gasteiger partial charge is 0.507 e. The number of esters is 1. The lowest BCUT2D eigenvalue weighted by Crippen LogP contribution is -2.46. The van der Waals surface area contributed by atoms with Gasteiger partial charge in [-0.3, -0.25) is 19.2 Å². The zero-order valence-corrected chi connectivity index (χ0v) is 34.5. The first-order chi connectivity index (χ1) is 27.4. The monoisotopic (exact) mass is 862 g/mol. The number of aromatic hydroxyl groups is 2. The lowest BCUT2D eigenvalue weighted by atomic mass is 9.86. The highest BCUT2D eigenvalue weighted by molar-refractivity contribution is 9.10. The predicted octanol–water partition coefficient (Wildman–Crippen LogP) is 6.19. The average Bonchev–Trinajstić information content (AvgIpc) is 3.61. The molecule has 7 bridgehead atoms. The number of phenolic OH excluding ortho intramolecular Hbond substituents is 2. The molecule has 2 aromatic rings. The summed E-state index contributed by atoms with van der Waals surface area (Å²) in [4.78, 5) is 59.9. The van der Waals surface area contributed by atoms with Gasteiger partial charge in [0.15, 0.2) is 11.3 Å². The van der Waals surface area contributed by atoms with E-state index in [2.05, 4.69) is 26.2 Å². The van der Waals surface area contributed by atoms with Crippen molar-refractivity contribution in [3.63, 3.8) is 0 Å². The number of aromatic nitrogens is 1. The number of nitrogens with one attached hydrogen (secondary N) is 1. The zero-order valence-electron chi connectivity index (χ0n) is 32.9. The molecule has 58 heavy (non-hydrogen) atoms. The number of amides is 1. The molecule has 4 N–H and O–H groups in total.